The molecule has 0 atom stereocenters. The molecule has 7 nitrogen and oxygen atoms in total. The van der Waals surface area contributed by atoms with E-state index in [-0.39, 0.29) is 11.7 Å². The smallest absolute Gasteiger partial charge is 0.258 e. The lowest BCUT2D eigenvalue weighted by atomic mass is 10.1. The summed E-state index contributed by atoms with van der Waals surface area (Å²) in [6.45, 7) is 1.12. The van der Waals surface area contributed by atoms with Crippen LogP contribution >= 0.6 is 0 Å². The SMILES string of the molecule is COc1ccc(C(=O)N(Cc2ccncc2)Cc2cccc(OCCc3ccc(F)cc3)c2)c(OC)c1OC. The molecule has 1 heterocycles. The molecule has 0 radical (unpaired) electrons. The Morgan fingerprint density at radius 2 is 1.51 bits per heavy atom. The van der Waals surface area contributed by atoms with Gasteiger partial charge in [-0.3, -0.25) is 9.78 Å². The highest BCUT2D eigenvalue weighted by Crippen LogP contribution is 2.40. The number of hydrogen-bond acceptors (Lipinski definition) is 6. The third-order valence-electron chi connectivity index (χ3n) is 6.19. The van der Waals surface area contributed by atoms with Crippen LogP contribution < -0.4 is 18.9 Å². The van der Waals surface area contributed by atoms with E-state index in [2.05, 4.69) is 4.98 Å². The second kappa shape index (κ2) is 13.3. The van der Waals surface area contributed by atoms with E-state index in [0.717, 1.165) is 16.7 Å². The third kappa shape index (κ3) is 7.04. The number of carbonyl (C=O) groups is 1. The van der Waals surface area contributed by atoms with Gasteiger partial charge in [0, 0.05) is 31.9 Å². The molecular weight excluding hydrogens is 499 g/mol. The fraction of sp³-hybridized carbons (Fsp3) is 0.226. The number of hydrogen-bond donors (Lipinski definition) is 0. The number of ether oxygens (including phenoxy) is 4. The lowest BCUT2D eigenvalue weighted by Gasteiger charge is -2.25. The van der Waals surface area contributed by atoms with Crippen LogP contribution in [-0.4, -0.2) is 43.7 Å². The normalized spacial score (nSPS) is 10.6. The van der Waals surface area contributed by atoms with Crippen LogP contribution in [0.15, 0.2) is 85.2 Å². The summed E-state index contributed by atoms with van der Waals surface area (Å²) in [5, 5.41) is 0. The van der Waals surface area contributed by atoms with Gasteiger partial charge in [0.2, 0.25) is 5.75 Å². The summed E-state index contributed by atoms with van der Waals surface area (Å²) in [5.74, 6) is 1.33. The van der Waals surface area contributed by atoms with Gasteiger partial charge >= 0.3 is 0 Å². The molecule has 1 amide bonds. The predicted octanol–water partition coefficient (Wildman–Crippen LogP) is 5.71. The van der Waals surface area contributed by atoms with Crippen molar-refractivity contribution in [2.45, 2.75) is 19.5 Å². The van der Waals surface area contributed by atoms with Crippen LogP contribution in [-0.2, 0) is 19.5 Å². The average molecular weight is 531 g/mol. The number of rotatable bonds is 12. The average Bonchev–Trinajstić information content (AvgIpc) is 2.97. The fourth-order valence-electron chi connectivity index (χ4n) is 4.24. The Bertz CT molecular complexity index is 1380. The van der Waals surface area contributed by atoms with Crippen molar-refractivity contribution >= 4 is 5.91 Å². The first-order chi connectivity index (χ1) is 19.0. The van der Waals surface area contributed by atoms with Gasteiger partial charge in [-0.05, 0) is 65.2 Å². The van der Waals surface area contributed by atoms with Gasteiger partial charge in [-0.1, -0.05) is 24.3 Å². The molecule has 0 bridgehead atoms. The monoisotopic (exact) mass is 530 g/mol. The van der Waals surface area contributed by atoms with Gasteiger partial charge in [-0.15, -0.1) is 0 Å². The number of benzene rings is 3. The first-order valence-corrected chi connectivity index (χ1v) is 12.5. The van der Waals surface area contributed by atoms with Crippen LogP contribution in [0.5, 0.6) is 23.0 Å². The summed E-state index contributed by atoms with van der Waals surface area (Å²) in [5.41, 5.74) is 3.18. The molecule has 0 aliphatic carbocycles. The van der Waals surface area contributed by atoms with Gasteiger partial charge in [0.15, 0.2) is 11.5 Å². The van der Waals surface area contributed by atoms with Gasteiger partial charge in [-0.2, -0.15) is 0 Å². The Morgan fingerprint density at radius 1 is 0.795 bits per heavy atom. The summed E-state index contributed by atoms with van der Waals surface area (Å²) in [7, 11) is 4.53. The molecule has 1 aromatic heterocycles. The first kappa shape index (κ1) is 27.4. The molecule has 4 aromatic rings. The topological polar surface area (TPSA) is 70.1 Å². The molecule has 0 spiro atoms. The van der Waals surface area contributed by atoms with Crippen LogP contribution in [0.4, 0.5) is 4.39 Å². The standard InChI is InChI=1S/C31H31FN2O5/c1-36-28-12-11-27(29(37-2)30(28)38-3)31(35)34(20-23-13-16-33-17-14-23)21-24-5-4-6-26(19-24)39-18-15-22-7-9-25(32)10-8-22/h4-14,16-17,19H,15,18,20-21H2,1-3H3. The van der Waals surface area contributed by atoms with E-state index in [9.17, 15) is 9.18 Å². The van der Waals surface area contributed by atoms with Crippen LogP contribution in [0.1, 0.15) is 27.0 Å². The quantitative estimate of drug-likeness (QED) is 0.234. The Morgan fingerprint density at radius 3 is 2.21 bits per heavy atom. The maximum atomic E-state index is 13.9. The summed E-state index contributed by atoms with van der Waals surface area (Å²) < 4.78 is 35.6. The molecule has 202 valence electrons. The number of halogens is 1. The number of nitrogens with zero attached hydrogens (tertiary/aromatic N) is 2. The maximum absolute atomic E-state index is 13.9. The molecule has 0 fully saturated rings. The lowest BCUT2D eigenvalue weighted by molar-refractivity contribution is 0.0725. The molecule has 0 unspecified atom stereocenters. The Labute approximate surface area is 227 Å². The zero-order valence-electron chi connectivity index (χ0n) is 22.2. The Hall–Kier alpha value is -4.59. The number of aromatic nitrogens is 1. The van der Waals surface area contributed by atoms with Gasteiger partial charge in [0.1, 0.15) is 11.6 Å². The Kier molecular flexibility index (Phi) is 9.34. The summed E-state index contributed by atoms with van der Waals surface area (Å²) in [6.07, 6.45) is 4.05. The minimum absolute atomic E-state index is 0.229. The largest absolute Gasteiger partial charge is 0.493 e. The van der Waals surface area contributed by atoms with E-state index in [1.807, 2.05) is 36.4 Å². The van der Waals surface area contributed by atoms with Crippen molar-refractivity contribution in [3.05, 3.63) is 113 Å². The predicted molar refractivity (Wildman–Crippen MR) is 146 cm³/mol. The molecule has 4 rings (SSSR count). The van der Waals surface area contributed by atoms with E-state index in [1.54, 1.807) is 41.6 Å². The highest BCUT2D eigenvalue weighted by atomic mass is 19.1. The number of pyridine rings is 1. The number of amides is 1. The summed E-state index contributed by atoms with van der Waals surface area (Å²) in [6, 6.07) is 21.1. The molecular formula is C31H31FN2O5. The van der Waals surface area contributed by atoms with Crippen molar-refractivity contribution in [2.24, 2.45) is 0 Å². The zero-order valence-corrected chi connectivity index (χ0v) is 22.2. The molecule has 0 aliphatic heterocycles. The first-order valence-electron chi connectivity index (χ1n) is 12.5. The van der Waals surface area contributed by atoms with Crippen LogP contribution in [0, 0.1) is 5.82 Å². The van der Waals surface area contributed by atoms with Crippen molar-refractivity contribution in [1.82, 2.24) is 9.88 Å². The van der Waals surface area contributed by atoms with E-state index in [0.29, 0.717) is 54.7 Å². The van der Waals surface area contributed by atoms with E-state index in [4.69, 9.17) is 18.9 Å². The molecule has 3 aromatic carbocycles. The van der Waals surface area contributed by atoms with Crippen molar-refractivity contribution in [2.75, 3.05) is 27.9 Å². The molecule has 0 saturated carbocycles. The zero-order chi connectivity index (χ0) is 27.6. The molecule has 0 N–H and O–H groups in total. The number of methoxy groups -OCH3 is 3. The Balaban J connectivity index is 1.56. The molecule has 39 heavy (non-hydrogen) atoms. The maximum Gasteiger partial charge on any atom is 0.258 e. The molecule has 0 saturated heterocycles. The van der Waals surface area contributed by atoms with Crippen molar-refractivity contribution < 1.29 is 28.1 Å². The number of carbonyl (C=O) groups excluding carboxylic acids is 1. The van der Waals surface area contributed by atoms with E-state index >= 15 is 0 Å². The minimum Gasteiger partial charge on any atom is -0.493 e. The van der Waals surface area contributed by atoms with Crippen molar-refractivity contribution in [1.29, 1.82) is 0 Å². The fourth-order valence-corrected chi connectivity index (χ4v) is 4.24. The second-order valence-corrected chi connectivity index (χ2v) is 8.77. The van der Waals surface area contributed by atoms with Gasteiger partial charge < -0.3 is 23.8 Å². The van der Waals surface area contributed by atoms with Crippen molar-refractivity contribution in [3.63, 3.8) is 0 Å². The highest BCUT2D eigenvalue weighted by Gasteiger charge is 2.25. The molecule has 8 heteroatoms. The lowest BCUT2D eigenvalue weighted by Crippen LogP contribution is -2.30. The van der Waals surface area contributed by atoms with Crippen LogP contribution in [0.25, 0.3) is 0 Å². The van der Waals surface area contributed by atoms with Gasteiger partial charge in [-0.25, -0.2) is 4.39 Å². The van der Waals surface area contributed by atoms with E-state index < -0.39 is 0 Å². The van der Waals surface area contributed by atoms with E-state index in [1.165, 1.54) is 33.5 Å². The van der Waals surface area contributed by atoms with Gasteiger partial charge in [0.05, 0.1) is 33.5 Å². The second-order valence-electron chi connectivity index (χ2n) is 8.77. The van der Waals surface area contributed by atoms with Crippen LogP contribution in [0.3, 0.4) is 0 Å². The third-order valence-corrected chi connectivity index (χ3v) is 6.19. The van der Waals surface area contributed by atoms with Crippen LogP contribution in [0.2, 0.25) is 0 Å². The highest BCUT2D eigenvalue weighted by molar-refractivity contribution is 5.98. The minimum atomic E-state index is -0.260. The summed E-state index contributed by atoms with van der Waals surface area (Å²) in [4.78, 5) is 19.7. The molecule has 0 aliphatic rings. The summed E-state index contributed by atoms with van der Waals surface area (Å²) >= 11 is 0. The van der Waals surface area contributed by atoms with Gasteiger partial charge in [0.25, 0.3) is 5.91 Å². The van der Waals surface area contributed by atoms with Crippen molar-refractivity contribution in [3.8, 4) is 23.0 Å².